The van der Waals surface area contributed by atoms with Crippen LogP contribution in [0.5, 0.6) is 0 Å². The molecule has 6 heteroatoms. The molecule has 0 bridgehead atoms. The topological polar surface area (TPSA) is 36.9 Å². The Hall–Kier alpha value is 0.274. The summed E-state index contributed by atoms with van der Waals surface area (Å²) in [6.07, 6.45) is 2.39. The zero-order valence-electron chi connectivity index (χ0n) is 19.0. The van der Waals surface area contributed by atoms with Crippen LogP contribution in [0.25, 0.3) is 0 Å². The fraction of sp³-hybridized carbons (Fsp3) is 1.00. The van der Waals surface area contributed by atoms with E-state index in [9.17, 15) is 0 Å². The van der Waals surface area contributed by atoms with Gasteiger partial charge in [0.1, 0.15) is 0 Å². The van der Waals surface area contributed by atoms with Crippen molar-refractivity contribution >= 4 is 16.6 Å². The molecule has 4 nitrogen and oxygen atoms in total. The third-order valence-corrected chi connectivity index (χ3v) is 10.6. The van der Waals surface area contributed by atoms with E-state index in [1.807, 2.05) is 0 Å². The van der Waals surface area contributed by atoms with Gasteiger partial charge in [-0.2, -0.15) is 0 Å². The van der Waals surface area contributed by atoms with E-state index in [1.54, 1.807) is 0 Å². The second-order valence-corrected chi connectivity index (χ2v) is 18.4. The molecule has 0 fully saturated rings. The summed E-state index contributed by atoms with van der Waals surface area (Å²) in [5.41, 5.74) is 0. The molecule has 0 spiro atoms. The van der Waals surface area contributed by atoms with Gasteiger partial charge < -0.3 is 18.3 Å². The van der Waals surface area contributed by atoms with Crippen molar-refractivity contribution in [1.29, 1.82) is 0 Å². The molecule has 0 aromatic rings. The van der Waals surface area contributed by atoms with Gasteiger partial charge in [-0.3, -0.25) is 0 Å². The van der Waals surface area contributed by atoms with Crippen LogP contribution >= 0.6 is 0 Å². The van der Waals surface area contributed by atoms with E-state index < -0.39 is 16.6 Å². The van der Waals surface area contributed by atoms with Crippen LogP contribution in [0.15, 0.2) is 0 Å². The van der Waals surface area contributed by atoms with Gasteiger partial charge in [0.2, 0.25) is 0 Å². The largest absolute Gasteiger partial charge is 0.456 e. The molecule has 3 unspecified atom stereocenters. The summed E-state index contributed by atoms with van der Waals surface area (Å²) in [4.78, 5) is 0. The predicted molar refractivity (Wildman–Crippen MR) is 130 cm³/mol. The summed E-state index contributed by atoms with van der Waals surface area (Å²) in [6.45, 7) is 23.9. The standard InChI is InChI=1S/C20H46O4Si2.2CH4/c1-10-18(2)15-22-16-20(4)23-14-13-21-12-11-19(3)17-26(8,9)24-25(5,6)7;;/h18-20H,10-17H2,1-9H3;2*1H4. The van der Waals surface area contributed by atoms with Gasteiger partial charge in [-0.25, -0.2) is 0 Å². The average molecular weight is 439 g/mol. The lowest BCUT2D eigenvalue weighted by Crippen LogP contribution is -2.43. The normalized spacial score (nSPS) is 15.3. The van der Waals surface area contributed by atoms with Crippen LogP contribution in [0.1, 0.15) is 55.4 Å². The maximum atomic E-state index is 6.43. The first-order valence-electron chi connectivity index (χ1n) is 10.4. The van der Waals surface area contributed by atoms with Gasteiger partial charge in [-0.1, -0.05) is 42.0 Å². The summed E-state index contributed by atoms with van der Waals surface area (Å²) in [6, 6.07) is 1.21. The van der Waals surface area contributed by atoms with Gasteiger partial charge in [0.25, 0.3) is 0 Å². The molecule has 0 heterocycles. The minimum absolute atomic E-state index is 0. The minimum Gasteiger partial charge on any atom is -0.456 e. The van der Waals surface area contributed by atoms with Crippen LogP contribution in [-0.4, -0.2) is 55.8 Å². The fourth-order valence-electron chi connectivity index (χ4n) is 3.11. The molecule has 0 aromatic carbocycles. The summed E-state index contributed by atoms with van der Waals surface area (Å²) in [5.74, 6) is 1.28. The Morgan fingerprint density at radius 1 is 0.750 bits per heavy atom. The molecular formula is C22H54O4Si2. The fourth-order valence-corrected chi connectivity index (χ4v) is 12.0. The summed E-state index contributed by atoms with van der Waals surface area (Å²) < 4.78 is 23.6. The Morgan fingerprint density at radius 2 is 1.36 bits per heavy atom. The molecule has 0 saturated carbocycles. The molecule has 0 aliphatic heterocycles. The van der Waals surface area contributed by atoms with E-state index in [1.165, 1.54) is 6.04 Å². The molecule has 28 heavy (non-hydrogen) atoms. The Bertz CT molecular complexity index is 346. The van der Waals surface area contributed by atoms with Crippen molar-refractivity contribution in [2.24, 2.45) is 11.8 Å². The molecule has 0 aliphatic carbocycles. The van der Waals surface area contributed by atoms with Crippen LogP contribution in [0, 0.1) is 11.8 Å². The molecule has 3 atom stereocenters. The second kappa shape index (κ2) is 17.0. The van der Waals surface area contributed by atoms with Crippen molar-refractivity contribution in [3.8, 4) is 0 Å². The Kier molecular flexibility index (Phi) is 20.0. The van der Waals surface area contributed by atoms with Crippen LogP contribution in [-0.2, 0) is 18.3 Å². The zero-order valence-corrected chi connectivity index (χ0v) is 21.0. The average Bonchev–Trinajstić information content (AvgIpc) is 2.47. The van der Waals surface area contributed by atoms with E-state index in [2.05, 4.69) is 60.4 Å². The summed E-state index contributed by atoms with van der Waals surface area (Å²) in [7, 11) is -2.98. The minimum atomic E-state index is -1.55. The quantitative estimate of drug-likeness (QED) is 0.195. The predicted octanol–water partition coefficient (Wildman–Crippen LogP) is 6.83. The zero-order chi connectivity index (χ0) is 20.2. The van der Waals surface area contributed by atoms with Crippen molar-refractivity contribution in [3.05, 3.63) is 0 Å². The van der Waals surface area contributed by atoms with Crippen molar-refractivity contribution < 1.29 is 18.3 Å². The number of hydrogen-bond acceptors (Lipinski definition) is 4. The van der Waals surface area contributed by atoms with Crippen LogP contribution in [0.4, 0.5) is 0 Å². The molecule has 0 rings (SSSR count). The first-order valence-corrected chi connectivity index (χ1v) is 16.9. The Morgan fingerprint density at radius 3 is 1.89 bits per heavy atom. The van der Waals surface area contributed by atoms with E-state index in [-0.39, 0.29) is 21.0 Å². The van der Waals surface area contributed by atoms with Crippen LogP contribution in [0.3, 0.4) is 0 Å². The molecule has 0 amide bonds. The summed E-state index contributed by atoms with van der Waals surface area (Å²) in [5, 5.41) is 0. The summed E-state index contributed by atoms with van der Waals surface area (Å²) >= 11 is 0. The van der Waals surface area contributed by atoms with Crippen molar-refractivity contribution in [1.82, 2.24) is 0 Å². The van der Waals surface area contributed by atoms with Crippen molar-refractivity contribution in [2.75, 3.05) is 33.0 Å². The lowest BCUT2D eigenvalue weighted by molar-refractivity contribution is -0.0355. The number of rotatable bonds is 16. The molecule has 0 aromatic heterocycles. The first kappa shape index (κ1) is 32.9. The third kappa shape index (κ3) is 21.0. The van der Waals surface area contributed by atoms with E-state index in [0.29, 0.717) is 31.7 Å². The number of hydrogen-bond donors (Lipinski definition) is 0. The van der Waals surface area contributed by atoms with Crippen molar-refractivity contribution in [2.45, 2.75) is 100 Å². The molecule has 174 valence electrons. The van der Waals surface area contributed by atoms with Gasteiger partial charge >= 0.3 is 0 Å². The first-order chi connectivity index (χ1) is 11.9. The highest BCUT2D eigenvalue weighted by Crippen LogP contribution is 2.24. The maximum absolute atomic E-state index is 6.43. The van der Waals surface area contributed by atoms with Gasteiger partial charge in [0.05, 0.1) is 25.9 Å². The molecule has 0 aliphatic rings. The monoisotopic (exact) mass is 438 g/mol. The Balaban J connectivity index is -0.00000312. The highest BCUT2D eigenvalue weighted by atomic mass is 28.4. The van der Waals surface area contributed by atoms with Gasteiger partial charge in [0.15, 0.2) is 16.6 Å². The van der Waals surface area contributed by atoms with E-state index >= 15 is 0 Å². The van der Waals surface area contributed by atoms with E-state index in [4.69, 9.17) is 18.3 Å². The van der Waals surface area contributed by atoms with Gasteiger partial charge in [0, 0.05) is 13.2 Å². The molecule has 0 radical (unpaired) electrons. The van der Waals surface area contributed by atoms with Gasteiger partial charge in [-0.15, -0.1) is 0 Å². The van der Waals surface area contributed by atoms with Crippen molar-refractivity contribution in [3.63, 3.8) is 0 Å². The molecule has 0 N–H and O–H groups in total. The van der Waals surface area contributed by atoms with Crippen LogP contribution < -0.4 is 0 Å². The lowest BCUT2D eigenvalue weighted by Gasteiger charge is -2.33. The lowest BCUT2D eigenvalue weighted by atomic mass is 10.1. The maximum Gasteiger partial charge on any atom is 0.173 e. The third-order valence-electron chi connectivity index (χ3n) is 4.26. The Labute approximate surface area is 180 Å². The highest BCUT2D eigenvalue weighted by Gasteiger charge is 2.30. The number of ether oxygens (including phenoxy) is 3. The van der Waals surface area contributed by atoms with E-state index in [0.717, 1.165) is 26.1 Å². The van der Waals surface area contributed by atoms with Gasteiger partial charge in [-0.05, 0) is 64.0 Å². The highest BCUT2D eigenvalue weighted by molar-refractivity contribution is 6.84. The SMILES string of the molecule is C.C.CCC(C)COCC(C)OCCOCCC(C)C[Si](C)(C)O[Si](C)(C)C. The van der Waals surface area contributed by atoms with Crippen LogP contribution in [0.2, 0.25) is 38.8 Å². The molecular weight excluding hydrogens is 384 g/mol. The second-order valence-electron chi connectivity index (χ2n) is 9.42. The smallest absolute Gasteiger partial charge is 0.173 e. The molecule has 0 saturated heterocycles.